The summed E-state index contributed by atoms with van der Waals surface area (Å²) in [7, 11) is -3.60. The number of oxazole rings is 1. The maximum atomic E-state index is 13.7. The van der Waals surface area contributed by atoms with Crippen molar-refractivity contribution in [3.8, 4) is 0 Å². The summed E-state index contributed by atoms with van der Waals surface area (Å²) >= 11 is 2.20. The predicted molar refractivity (Wildman–Crippen MR) is 138 cm³/mol. The fourth-order valence-corrected chi connectivity index (χ4v) is 4.45. The predicted octanol–water partition coefficient (Wildman–Crippen LogP) is 2.35. The molecule has 2 atom stereocenters. The molecule has 4 N–H and O–H groups in total. The molecule has 0 unspecified atom stereocenters. The highest BCUT2D eigenvalue weighted by Crippen LogP contribution is 2.14. The van der Waals surface area contributed by atoms with E-state index >= 15 is 0 Å². The number of carbonyl (C=O) groups excluding carboxylic acids is 1. The standard InChI is InChI=1S/C23H25F2IN4O5S/c1-36(33,34)30-23-28-12-19(35-23)10-22(32)29-20(8-15-5-16(24)9-17(25)6-15)21(31)13-27-11-14-3-2-4-18(26)7-14/h2-7,9,12,20-21,27,31H,8,10-11,13H2,1H3,(H,28,30)(H,29,32)/t20-,21+/m0/s1. The number of hydrogen-bond donors (Lipinski definition) is 4. The number of amides is 1. The van der Waals surface area contributed by atoms with E-state index in [4.69, 9.17) is 4.42 Å². The van der Waals surface area contributed by atoms with Gasteiger partial charge in [0.1, 0.15) is 17.4 Å². The van der Waals surface area contributed by atoms with Crippen LogP contribution in [0.1, 0.15) is 16.9 Å². The molecule has 0 fully saturated rings. The average Bonchev–Trinajstić information content (AvgIpc) is 3.17. The Morgan fingerprint density at radius 3 is 2.56 bits per heavy atom. The Kier molecular flexibility index (Phi) is 9.76. The van der Waals surface area contributed by atoms with Gasteiger partial charge in [-0.1, -0.05) is 12.1 Å². The Balaban J connectivity index is 1.66. The number of anilines is 1. The molecule has 1 amide bonds. The summed E-state index contributed by atoms with van der Waals surface area (Å²) in [6.45, 7) is 0.566. The van der Waals surface area contributed by atoms with Crippen molar-refractivity contribution in [1.29, 1.82) is 0 Å². The number of rotatable bonds is 12. The minimum atomic E-state index is -3.60. The molecule has 0 aliphatic carbocycles. The van der Waals surface area contributed by atoms with Crippen molar-refractivity contribution >= 4 is 44.5 Å². The van der Waals surface area contributed by atoms with Crippen LogP contribution in [0, 0.1) is 15.2 Å². The first kappa shape index (κ1) is 28.0. The highest BCUT2D eigenvalue weighted by atomic mass is 127. The quantitative estimate of drug-likeness (QED) is 0.225. The summed E-state index contributed by atoms with van der Waals surface area (Å²) < 4.78 is 58.3. The number of carbonyl (C=O) groups is 1. The van der Waals surface area contributed by atoms with Gasteiger partial charge in [0.25, 0.3) is 0 Å². The van der Waals surface area contributed by atoms with Gasteiger partial charge in [0.05, 0.1) is 31.0 Å². The molecule has 0 saturated carbocycles. The smallest absolute Gasteiger partial charge is 0.308 e. The Bertz CT molecular complexity index is 1280. The van der Waals surface area contributed by atoms with Crippen LogP contribution in [0.3, 0.4) is 0 Å². The Hall–Kier alpha value is -2.62. The van der Waals surface area contributed by atoms with Gasteiger partial charge < -0.3 is 20.2 Å². The summed E-state index contributed by atoms with van der Waals surface area (Å²) in [4.78, 5) is 16.4. The van der Waals surface area contributed by atoms with Crippen LogP contribution >= 0.6 is 22.6 Å². The van der Waals surface area contributed by atoms with Crippen molar-refractivity contribution in [2.45, 2.75) is 31.5 Å². The van der Waals surface area contributed by atoms with Gasteiger partial charge in [-0.25, -0.2) is 26.9 Å². The van der Waals surface area contributed by atoms with Crippen LogP contribution < -0.4 is 15.4 Å². The first-order valence-electron chi connectivity index (χ1n) is 10.8. The van der Waals surface area contributed by atoms with E-state index in [-0.39, 0.29) is 36.7 Å². The van der Waals surface area contributed by atoms with E-state index in [0.717, 1.165) is 33.6 Å². The second kappa shape index (κ2) is 12.6. The second-order valence-electron chi connectivity index (χ2n) is 8.17. The highest BCUT2D eigenvalue weighted by molar-refractivity contribution is 14.1. The van der Waals surface area contributed by atoms with E-state index in [1.165, 1.54) is 6.20 Å². The number of aliphatic hydroxyl groups excluding tert-OH is 1. The molecule has 0 saturated heterocycles. The lowest BCUT2D eigenvalue weighted by atomic mass is 10.00. The second-order valence-corrected chi connectivity index (χ2v) is 11.2. The Morgan fingerprint density at radius 2 is 1.89 bits per heavy atom. The molecule has 1 aromatic heterocycles. The Morgan fingerprint density at radius 1 is 1.17 bits per heavy atom. The summed E-state index contributed by atoms with van der Waals surface area (Å²) in [6.07, 6.45) is 0.694. The van der Waals surface area contributed by atoms with Crippen LogP contribution in [0.2, 0.25) is 0 Å². The van der Waals surface area contributed by atoms with Gasteiger partial charge in [0.2, 0.25) is 15.9 Å². The fraction of sp³-hybridized carbons (Fsp3) is 0.304. The lowest BCUT2D eigenvalue weighted by Crippen LogP contribution is -2.49. The zero-order valence-corrected chi connectivity index (χ0v) is 22.1. The number of hydrogen-bond acceptors (Lipinski definition) is 7. The molecule has 1 heterocycles. The van der Waals surface area contributed by atoms with E-state index < -0.39 is 39.7 Å². The molecule has 0 aliphatic heterocycles. The minimum absolute atomic E-state index is 0.0379. The number of nitrogens with one attached hydrogen (secondary N) is 3. The lowest BCUT2D eigenvalue weighted by Gasteiger charge is -2.25. The molecular weight excluding hydrogens is 609 g/mol. The SMILES string of the molecule is CS(=O)(=O)Nc1ncc(CC(=O)N[C@@H](Cc2cc(F)cc(F)c2)[C@H](O)CNCc2cccc(I)c2)o1. The van der Waals surface area contributed by atoms with Crippen LogP contribution in [0.4, 0.5) is 14.8 Å². The van der Waals surface area contributed by atoms with E-state index in [2.05, 4.69) is 42.9 Å². The van der Waals surface area contributed by atoms with E-state index in [1.54, 1.807) is 0 Å². The number of aromatic nitrogens is 1. The third-order valence-corrected chi connectivity index (χ3v) is 6.14. The minimum Gasteiger partial charge on any atom is -0.428 e. The van der Waals surface area contributed by atoms with Crippen molar-refractivity contribution < 1.29 is 31.5 Å². The monoisotopic (exact) mass is 634 g/mol. The van der Waals surface area contributed by atoms with Gasteiger partial charge in [0, 0.05) is 22.7 Å². The molecule has 2 aromatic carbocycles. The topological polar surface area (TPSA) is 134 Å². The van der Waals surface area contributed by atoms with Gasteiger partial charge in [-0.2, -0.15) is 0 Å². The maximum Gasteiger partial charge on any atom is 0.308 e. The molecule has 0 bridgehead atoms. The van der Waals surface area contributed by atoms with Crippen molar-refractivity contribution in [1.82, 2.24) is 15.6 Å². The molecule has 0 spiro atoms. The normalized spacial score (nSPS) is 13.2. The number of benzene rings is 2. The molecule has 3 aromatic rings. The van der Waals surface area contributed by atoms with Gasteiger partial charge in [-0.05, 0) is 64.4 Å². The number of aliphatic hydroxyl groups is 1. The molecular formula is C23H25F2IN4O5S. The largest absolute Gasteiger partial charge is 0.428 e. The van der Waals surface area contributed by atoms with Gasteiger partial charge >= 0.3 is 6.01 Å². The van der Waals surface area contributed by atoms with Crippen molar-refractivity contribution in [2.75, 3.05) is 17.5 Å². The number of nitrogens with zero attached hydrogens (tertiary/aromatic N) is 1. The van der Waals surface area contributed by atoms with E-state index in [9.17, 15) is 27.1 Å². The number of sulfonamides is 1. The third kappa shape index (κ3) is 9.44. The van der Waals surface area contributed by atoms with Crippen LogP contribution in [0.15, 0.2) is 53.1 Å². The fourth-order valence-electron chi connectivity index (χ4n) is 3.43. The third-order valence-electron chi connectivity index (χ3n) is 4.92. The summed E-state index contributed by atoms with van der Waals surface area (Å²) in [6, 6.07) is 9.61. The molecule has 13 heteroatoms. The van der Waals surface area contributed by atoms with Crippen LogP contribution in [0.25, 0.3) is 0 Å². The van der Waals surface area contributed by atoms with E-state index in [0.29, 0.717) is 6.54 Å². The van der Waals surface area contributed by atoms with Gasteiger partial charge in [-0.15, -0.1) is 0 Å². The van der Waals surface area contributed by atoms with Crippen molar-refractivity contribution in [3.63, 3.8) is 0 Å². The lowest BCUT2D eigenvalue weighted by molar-refractivity contribution is -0.122. The Labute approximate surface area is 220 Å². The van der Waals surface area contributed by atoms with Crippen LogP contribution in [-0.4, -0.2) is 49.4 Å². The molecule has 3 rings (SSSR count). The van der Waals surface area contributed by atoms with Crippen molar-refractivity contribution in [3.05, 3.63) is 80.8 Å². The average molecular weight is 634 g/mol. The van der Waals surface area contributed by atoms with Crippen LogP contribution in [-0.2, 0) is 34.2 Å². The number of halogens is 3. The maximum absolute atomic E-state index is 13.7. The van der Waals surface area contributed by atoms with Gasteiger partial charge in [0.15, 0.2) is 0 Å². The molecule has 0 radical (unpaired) electrons. The molecule has 194 valence electrons. The van der Waals surface area contributed by atoms with Crippen molar-refractivity contribution in [2.24, 2.45) is 0 Å². The zero-order chi connectivity index (χ0) is 26.3. The zero-order valence-electron chi connectivity index (χ0n) is 19.2. The first-order chi connectivity index (χ1) is 17.0. The van der Waals surface area contributed by atoms with Crippen LogP contribution in [0.5, 0.6) is 0 Å². The molecule has 0 aliphatic rings. The summed E-state index contributed by atoms with van der Waals surface area (Å²) in [5, 5.41) is 16.6. The molecule has 36 heavy (non-hydrogen) atoms. The van der Waals surface area contributed by atoms with Gasteiger partial charge in [-0.3, -0.25) is 4.79 Å². The highest BCUT2D eigenvalue weighted by Gasteiger charge is 2.23. The summed E-state index contributed by atoms with van der Waals surface area (Å²) in [5.74, 6) is -2.01. The summed E-state index contributed by atoms with van der Waals surface area (Å²) in [5.41, 5.74) is 1.26. The first-order valence-corrected chi connectivity index (χ1v) is 13.7. The molecule has 9 nitrogen and oxygen atoms in total. The van der Waals surface area contributed by atoms with E-state index in [1.807, 2.05) is 24.3 Å².